The molecule has 0 amide bonds. The van der Waals surface area contributed by atoms with Crippen LogP contribution in [-0.4, -0.2) is 9.55 Å². The summed E-state index contributed by atoms with van der Waals surface area (Å²) in [7, 11) is 0. The molecule has 0 aliphatic carbocycles. The molecular weight excluding hydrogens is 295 g/mol. The van der Waals surface area contributed by atoms with Gasteiger partial charge in [-0.2, -0.15) is 0 Å². The van der Waals surface area contributed by atoms with Crippen molar-refractivity contribution in [2.75, 3.05) is 0 Å². The first kappa shape index (κ1) is 11.4. The first-order valence-corrected chi connectivity index (χ1v) is 6.37. The highest BCUT2D eigenvalue weighted by molar-refractivity contribution is 9.10. The molecule has 0 aliphatic heterocycles. The lowest BCUT2D eigenvalue weighted by Crippen LogP contribution is -1.99. The van der Waals surface area contributed by atoms with Crippen LogP contribution in [0.15, 0.2) is 53.3 Å². The number of hydrogen-bond acceptors (Lipinski definition) is 1. The molecule has 1 aromatic carbocycles. The van der Waals surface area contributed by atoms with Gasteiger partial charge in [-0.25, -0.2) is 4.39 Å². The second-order valence-electron chi connectivity index (χ2n) is 4.08. The van der Waals surface area contributed by atoms with Crippen molar-refractivity contribution < 1.29 is 4.39 Å². The predicted molar refractivity (Wildman–Crippen MR) is 72.9 cm³/mol. The van der Waals surface area contributed by atoms with E-state index in [-0.39, 0.29) is 5.82 Å². The van der Waals surface area contributed by atoms with E-state index in [0.717, 1.165) is 15.7 Å². The molecule has 0 N–H and O–H groups in total. The first-order chi connectivity index (χ1) is 8.74. The second-order valence-corrected chi connectivity index (χ2v) is 5.00. The van der Waals surface area contributed by atoms with Crippen LogP contribution in [0.3, 0.4) is 0 Å². The lowest BCUT2D eigenvalue weighted by Gasteiger charge is -2.05. The van der Waals surface area contributed by atoms with Gasteiger partial charge in [0.25, 0.3) is 0 Å². The van der Waals surface area contributed by atoms with Crippen molar-refractivity contribution in [1.29, 1.82) is 0 Å². The van der Waals surface area contributed by atoms with E-state index in [1.165, 1.54) is 6.07 Å². The average Bonchev–Trinajstić information content (AvgIpc) is 2.77. The van der Waals surface area contributed by atoms with Crippen LogP contribution in [0.5, 0.6) is 0 Å². The summed E-state index contributed by atoms with van der Waals surface area (Å²) in [4.78, 5) is 4.32. The fourth-order valence-electron chi connectivity index (χ4n) is 2.00. The molecule has 90 valence electrons. The van der Waals surface area contributed by atoms with Crippen LogP contribution in [0.2, 0.25) is 0 Å². The molecule has 0 aliphatic rings. The van der Waals surface area contributed by atoms with E-state index in [0.29, 0.717) is 11.9 Å². The van der Waals surface area contributed by atoms with Crippen LogP contribution < -0.4 is 0 Å². The summed E-state index contributed by atoms with van der Waals surface area (Å²) < 4.78 is 16.5. The molecule has 2 aromatic heterocycles. The van der Waals surface area contributed by atoms with Crippen molar-refractivity contribution in [2.24, 2.45) is 0 Å². The zero-order chi connectivity index (χ0) is 12.5. The Kier molecular flexibility index (Phi) is 2.88. The number of halogens is 2. The monoisotopic (exact) mass is 304 g/mol. The zero-order valence-electron chi connectivity index (χ0n) is 9.48. The summed E-state index contributed by atoms with van der Waals surface area (Å²) in [5, 5.41) is 0.648. The molecule has 0 saturated heterocycles. The first-order valence-electron chi connectivity index (χ1n) is 5.58. The SMILES string of the molecule is Fc1cccc2c1ccn2Cc1ccc(Br)cn1. The van der Waals surface area contributed by atoms with Gasteiger partial charge < -0.3 is 4.57 Å². The van der Waals surface area contributed by atoms with Gasteiger partial charge in [0, 0.05) is 22.3 Å². The largest absolute Gasteiger partial charge is 0.341 e. The van der Waals surface area contributed by atoms with E-state index in [2.05, 4.69) is 20.9 Å². The lowest BCUT2D eigenvalue weighted by atomic mass is 10.2. The smallest absolute Gasteiger partial charge is 0.132 e. The van der Waals surface area contributed by atoms with Crippen molar-refractivity contribution in [3.05, 3.63) is 64.8 Å². The molecule has 3 rings (SSSR count). The predicted octanol–water partition coefficient (Wildman–Crippen LogP) is 3.99. The topological polar surface area (TPSA) is 17.8 Å². The van der Waals surface area contributed by atoms with Gasteiger partial charge in [0.15, 0.2) is 0 Å². The van der Waals surface area contributed by atoms with Crippen molar-refractivity contribution in [3.63, 3.8) is 0 Å². The van der Waals surface area contributed by atoms with Crippen LogP contribution in [0.4, 0.5) is 4.39 Å². The van der Waals surface area contributed by atoms with Crippen molar-refractivity contribution in [1.82, 2.24) is 9.55 Å². The molecule has 3 aromatic rings. The third-order valence-corrected chi connectivity index (χ3v) is 3.35. The van der Waals surface area contributed by atoms with Gasteiger partial charge in [-0.3, -0.25) is 4.98 Å². The summed E-state index contributed by atoms with van der Waals surface area (Å²) in [5.74, 6) is -0.185. The number of rotatable bonds is 2. The van der Waals surface area contributed by atoms with Gasteiger partial charge in [0.2, 0.25) is 0 Å². The van der Waals surface area contributed by atoms with Crippen molar-refractivity contribution in [2.45, 2.75) is 6.54 Å². The van der Waals surface area contributed by atoms with Crippen LogP contribution in [0, 0.1) is 5.82 Å². The van der Waals surface area contributed by atoms with Gasteiger partial charge in [-0.15, -0.1) is 0 Å². The number of benzene rings is 1. The molecule has 2 nitrogen and oxygen atoms in total. The molecule has 0 bridgehead atoms. The van der Waals surface area contributed by atoms with E-state index < -0.39 is 0 Å². The molecule has 0 atom stereocenters. The van der Waals surface area contributed by atoms with Gasteiger partial charge in [0.05, 0.1) is 17.8 Å². The third kappa shape index (κ3) is 2.04. The highest BCUT2D eigenvalue weighted by Crippen LogP contribution is 2.20. The van der Waals surface area contributed by atoms with E-state index in [9.17, 15) is 4.39 Å². The Balaban J connectivity index is 2.00. The minimum Gasteiger partial charge on any atom is -0.341 e. The Morgan fingerprint density at radius 3 is 2.83 bits per heavy atom. The lowest BCUT2D eigenvalue weighted by molar-refractivity contribution is 0.639. The van der Waals surface area contributed by atoms with E-state index in [1.807, 2.05) is 29.0 Å². The van der Waals surface area contributed by atoms with Gasteiger partial charge in [-0.05, 0) is 46.3 Å². The Morgan fingerprint density at radius 1 is 1.17 bits per heavy atom. The molecule has 0 fully saturated rings. The molecule has 0 radical (unpaired) electrons. The zero-order valence-corrected chi connectivity index (χ0v) is 11.1. The maximum Gasteiger partial charge on any atom is 0.132 e. The van der Waals surface area contributed by atoms with Crippen molar-refractivity contribution in [3.8, 4) is 0 Å². The fourth-order valence-corrected chi connectivity index (χ4v) is 2.23. The maximum atomic E-state index is 13.6. The van der Waals surface area contributed by atoms with Crippen molar-refractivity contribution >= 4 is 26.8 Å². The van der Waals surface area contributed by atoms with E-state index in [4.69, 9.17) is 0 Å². The maximum absolute atomic E-state index is 13.6. The normalized spacial score (nSPS) is 11.0. The Morgan fingerprint density at radius 2 is 2.06 bits per heavy atom. The number of nitrogens with zero attached hydrogens (tertiary/aromatic N) is 2. The standard InChI is InChI=1S/C14H10BrFN2/c15-10-4-5-11(17-8-10)9-18-7-6-12-13(16)2-1-3-14(12)18/h1-8H,9H2. The van der Waals surface area contributed by atoms with Gasteiger partial charge in [-0.1, -0.05) is 6.07 Å². The highest BCUT2D eigenvalue weighted by atomic mass is 79.9. The van der Waals surface area contributed by atoms with Crippen LogP contribution in [0.1, 0.15) is 5.69 Å². The van der Waals surface area contributed by atoms with E-state index in [1.54, 1.807) is 18.3 Å². The molecule has 0 spiro atoms. The molecular formula is C14H10BrFN2. The van der Waals surface area contributed by atoms with Crippen LogP contribution in [-0.2, 0) is 6.54 Å². The number of aromatic nitrogens is 2. The van der Waals surface area contributed by atoms with Gasteiger partial charge in [0.1, 0.15) is 5.82 Å². The fraction of sp³-hybridized carbons (Fsp3) is 0.0714. The number of fused-ring (bicyclic) bond motifs is 1. The summed E-state index contributed by atoms with van der Waals surface area (Å²) in [6, 6.07) is 10.8. The number of pyridine rings is 1. The average molecular weight is 305 g/mol. The summed E-state index contributed by atoms with van der Waals surface area (Å²) in [6.45, 7) is 0.639. The molecule has 0 unspecified atom stereocenters. The Labute approximate surface area is 112 Å². The summed E-state index contributed by atoms with van der Waals surface area (Å²) in [6.07, 6.45) is 3.65. The highest BCUT2D eigenvalue weighted by Gasteiger charge is 2.05. The molecule has 2 heterocycles. The van der Waals surface area contributed by atoms with Gasteiger partial charge >= 0.3 is 0 Å². The quantitative estimate of drug-likeness (QED) is 0.700. The minimum absolute atomic E-state index is 0.185. The summed E-state index contributed by atoms with van der Waals surface area (Å²) >= 11 is 3.35. The number of hydrogen-bond donors (Lipinski definition) is 0. The Hall–Kier alpha value is -1.68. The summed E-state index contributed by atoms with van der Waals surface area (Å²) in [5.41, 5.74) is 1.83. The van der Waals surface area contributed by atoms with Crippen LogP contribution >= 0.6 is 15.9 Å². The molecule has 4 heteroatoms. The minimum atomic E-state index is -0.185. The van der Waals surface area contributed by atoms with Crippen LogP contribution in [0.25, 0.3) is 10.9 Å². The third-order valence-electron chi connectivity index (χ3n) is 2.88. The molecule has 0 saturated carbocycles. The van der Waals surface area contributed by atoms with E-state index >= 15 is 0 Å². The second kappa shape index (κ2) is 4.53. The Bertz CT molecular complexity index is 689. The molecule has 18 heavy (non-hydrogen) atoms.